The molecule has 0 heterocycles. The number of benzene rings is 1. The molecule has 2 fully saturated rings. The Bertz CT molecular complexity index is 559. The molecule has 1 aromatic carbocycles. The molecule has 1 amide bonds. The summed E-state index contributed by atoms with van der Waals surface area (Å²) in [6.45, 7) is 2.46. The van der Waals surface area contributed by atoms with Gasteiger partial charge in [0.25, 0.3) is 0 Å². The van der Waals surface area contributed by atoms with Gasteiger partial charge in [0.2, 0.25) is 5.91 Å². The average molecular weight is 304 g/mol. The fourth-order valence-corrected chi connectivity index (χ4v) is 3.97. The van der Waals surface area contributed by atoms with Crippen LogP contribution in [-0.4, -0.2) is 25.7 Å². The third kappa shape index (κ3) is 2.65. The number of hydrogen-bond donors (Lipinski definition) is 2. The van der Waals surface area contributed by atoms with Gasteiger partial charge in [-0.25, -0.2) is 0 Å². The van der Waals surface area contributed by atoms with E-state index in [1.54, 1.807) is 19.2 Å². The molecule has 22 heavy (non-hydrogen) atoms. The van der Waals surface area contributed by atoms with Crippen LogP contribution in [0.5, 0.6) is 11.5 Å². The summed E-state index contributed by atoms with van der Waals surface area (Å²) in [7, 11) is 1.60. The second kappa shape index (κ2) is 6.16. The van der Waals surface area contributed by atoms with Crippen LogP contribution in [0.2, 0.25) is 0 Å². The summed E-state index contributed by atoms with van der Waals surface area (Å²) >= 11 is 0. The minimum atomic E-state index is -0.0589. The van der Waals surface area contributed by atoms with Crippen LogP contribution in [0, 0.1) is 17.8 Å². The molecule has 2 bridgehead atoms. The highest BCUT2D eigenvalue weighted by atomic mass is 16.5. The van der Waals surface area contributed by atoms with Crippen molar-refractivity contribution in [2.24, 2.45) is 23.5 Å². The van der Waals surface area contributed by atoms with Crippen LogP contribution in [0.1, 0.15) is 26.2 Å². The molecular weight excluding hydrogens is 280 g/mol. The van der Waals surface area contributed by atoms with Crippen molar-refractivity contribution in [1.29, 1.82) is 0 Å². The largest absolute Gasteiger partial charge is 0.493 e. The maximum absolute atomic E-state index is 12.6. The first-order valence-corrected chi connectivity index (χ1v) is 8.01. The molecule has 2 aliphatic rings. The highest BCUT2D eigenvalue weighted by Crippen LogP contribution is 2.48. The predicted octanol–water partition coefficient (Wildman–Crippen LogP) is 2.41. The van der Waals surface area contributed by atoms with Crippen molar-refractivity contribution in [2.45, 2.75) is 32.2 Å². The smallest absolute Gasteiger partial charge is 0.229 e. The molecule has 1 aromatic rings. The second-order valence-electron chi connectivity index (χ2n) is 6.22. The van der Waals surface area contributed by atoms with Gasteiger partial charge in [-0.1, -0.05) is 0 Å². The number of carbonyl (C=O) groups excluding carboxylic acids is 1. The lowest BCUT2D eigenvalue weighted by molar-refractivity contribution is -0.121. The number of rotatable bonds is 5. The van der Waals surface area contributed by atoms with Crippen molar-refractivity contribution in [3.8, 4) is 11.5 Å². The fraction of sp³-hybridized carbons (Fsp3) is 0.588. The number of carbonyl (C=O) groups is 1. The molecule has 0 spiro atoms. The first-order valence-electron chi connectivity index (χ1n) is 8.01. The van der Waals surface area contributed by atoms with Crippen LogP contribution in [0.15, 0.2) is 18.2 Å². The van der Waals surface area contributed by atoms with Crippen molar-refractivity contribution in [3.05, 3.63) is 18.2 Å². The fourth-order valence-electron chi connectivity index (χ4n) is 3.97. The van der Waals surface area contributed by atoms with Gasteiger partial charge < -0.3 is 20.5 Å². The van der Waals surface area contributed by atoms with E-state index >= 15 is 0 Å². The molecule has 0 aliphatic heterocycles. The Hall–Kier alpha value is -1.75. The van der Waals surface area contributed by atoms with Gasteiger partial charge in [0.05, 0.1) is 19.6 Å². The van der Waals surface area contributed by atoms with Gasteiger partial charge >= 0.3 is 0 Å². The Kier molecular flexibility index (Phi) is 4.25. The topological polar surface area (TPSA) is 73.6 Å². The molecule has 2 aliphatic carbocycles. The first kappa shape index (κ1) is 15.2. The summed E-state index contributed by atoms with van der Waals surface area (Å²) < 4.78 is 10.8. The molecule has 5 heteroatoms. The van der Waals surface area contributed by atoms with Crippen LogP contribution in [0.3, 0.4) is 0 Å². The van der Waals surface area contributed by atoms with Gasteiger partial charge in [-0.2, -0.15) is 0 Å². The predicted molar refractivity (Wildman–Crippen MR) is 85.1 cm³/mol. The number of nitrogens with one attached hydrogen (secondary N) is 1. The number of anilines is 1. The zero-order valence-corrected chi connectivity index (χ0v) is 13.2. The van der Waals surface area contributed by atoms with Crippen molar-refractivity contribution < 1.29 is 14.3 Å². The van der Waals surface area contributed by atoms with E-state index in [-0.39, 0.29) is 17.9 Å². The van der Waals surface area contributed by atoms with Gasteiger partial charge in [-0.3, -0.25) is 4.79 Å². The van der Waals surface area contributed by atoms with E-state index in [0.29, 0.717) is 29.9 Å². The lowest BCUT2D eigenvalue weighted by Gasteiger charge is -2.27. The van der Waals surface area contributed by atoms with Crippen LogP contribution in [0.25, 0.3) is 0 Å². The molecule has 0 saturated heterocycles. The van der Waals surface area contributed by atoms with Gasteiger partial charge in [0, 0.05) is 17.8 Å². The molecule has 0 radical (unpaired) electrons. The summed E-state index contributed by atoms with van der Waals surface area (Å²) in [6, 6.07) is 5.45. The zero-order chi connectivity index (χ0) is 15.7. The molecule has 120 valence electrons. The van der Waals surface area contributed by atoms with Crippen LogP contribution in [0.4, 0.5) is 5.69 Å². The van der Waals surface area contributed by atoms with E-state index in [1.807, 2.05) is 13.0 Å². The first-order chi connectivity index (χ1) is 10.6. The Morgan fingerprint density at radius 2 is 2.09 bits per heavy atom. The quantitative estimate of drug-likeness (QED) is 0.876. The van der Waals surface area contributed by atoms with E-state index in [0.717, 1.165) is 18.5 Å². The minimum absolute atomic E-state index is 0.00311. The summed E-state index contributed by atoms with van der Waals surface area (Å²) in [4.78, 5) is 12.6. The highest BCUT2D eigenvalue weighted by molar-refractivity contribution is 5.94. The Morgan fingerprint density at radius 1 is 1.32 bits per heavy atom. The Morgan fingerprint density at radius 3 is 2.73 bits per heavy atom. The molecule has 0 aromatic heterocycles. The molecule has 3 rings (SSSR count). The summed E-state index contributed by atoms with van der Waals surface area (Å²) in [5, 5.41) is 2.99. The second-order valence-corrected chi connectivity index (χ2v) is 6.22. The van der Waals surface area contributed by atoms with Crippen molar-refractivity contribution in [2.75, 3.05) is 19.0 Å². The lowest BCUT2D eigenvalue weighted by Crippen LogP contribution is -2.42. The molecule has 2 saturated carbocycles. The SMILES string of the molecule is CCOc1cc(NC(=O)C2C3CCC(C3)C2N)ccc1OC. The number of methoxy groups -OCH3 is 1. The normalized spacial score (nSPS) is 29.4. The van der Waals surface area contributed by atoms with Gasteiger partial charge in [0.1, 0.15) is 0 Å². The number of fused-ring (bicyclic) bond motifs is 2. The lowest BCUT2D eigenvalue weighted by atomic mass is 9.84. The van der Waals surface area contributed by atoms with E-state index in [9.17, 15) is 4.79 Å². The summed E-state index contributed by atoms with van der Waals surface area (Å²) in [5.74, 6) is 2.25. The van der Waals surface area contributed by atoms with E-state index in [2.05, 4.69) is 5.32 Å². The Labute approximate surface area is 131 Å². The van der Waals surface area contributed by atoms with Crippen LogP contribution >= 0.6 is 0 Å². The van der Waals surface area contributed by atoms with E-state index in [4.69, 9.17) is 15.2 Å². The number of ether oxygens (including phenoxy) is 2. The Balaban J connectivity index is 1.73. The number of amides is 1. The van der Waals surface area contributed by atoms with Gasteiger partial charge in [-0.05, 0) is 50.2 Å². The van der Waals surface area contributed by atoms with E-state index < -0.39 is 0 Å². The maximum atomic E-state index is 12.6. The average Bonchev–Trinajstić information content (AvgIpc) is 3.08. The van der Waals surface area contributed by atoms with E-state index in [1.165, 1.54) is 6.42 Å². The third-order valence-corrected chi connectivity index (χ3v) is 5.01. The molecule has 5 nitrogen and oxygen atoms in total. The van der Waals surface area contributed by atoms with Crippen LogP contribution in [-0.2, 0) is 4.79 Å². The molecule has 3 N–H and O–H groups in total. The number of nitrogens with two attached hydrogens (primary N) is 1. The highest BCUT2D eigenvalue weighted by Gasteiger charge is 2.49. The van der Waals surface area contributed by atoms with Crippen LogP contribution < -0.4 is 20.5 Å². The molecule has 4 unspecified atom stereocenters. The molecular formula is C17H24N2O3. The maximum Gasteiger partial charge on any atom is 0.229 e. The van der Waals surface area contributed by atoms with Gasteiger partial charge in [0.15, 0.2) is 11.5 Å². The van der Waals surface area contributed by atoms with Crippen molar-refractivity contribution in [1.82, 2.24) is 0 Å². The number of hydrogen-bond acceptors (Lipinski definition) is 4. The van der Waals surface area contributed by atoms with Gasteiger partial charge in [-0.15, -0.1) is 0 Å². The minimum Gasteiger partial charge on any atom is -0.493 e. The van der Waals surface area contributed by atoms with Crippen molar-refractivity contribution >= 4 is 11.6 Å². The molecule has 4 atom stereocenters. The zero-order valence-electron chi connectivity index (χ0n) is 13.2. The third-order valence-electron chi connectivity index (χ3n) is 5.01. The summed E-state index contributed by atoms with van der Waals surface area (Å²) in [5.41, 5.74) is 6.96. The summed E-state index contributed by atoms with van der Waals surface area (Å²) in [6.07, 6.45) is 3.40. The van der Waals surface area contributed by atoms with Crippen molar-refractivity contribution in [3.63, 3.8) is 0 Å². The standard InChI is InChI=1S/C17H24N2O3/c1-3-22-14-9-12(6-7-13(14)21-2)19-17(20)15-10-4-5-11(8-10)16(15)18/h6-7,9-11,15-16H,3-5,8,18H2,1-2H3,(H,19,20). The monoisotopic (exact) mass is 304 g/mol.